The van der Waals surface area contributed by atoms with E-state index in [2.05, 4.69) is 5.32 Å². The molecule has 2 amide bonds. The maximum atomic E-state index is 15.7. The number of Topliss-reactive ketones (excluding diaryl/α,β-unsaturated/α-hetero) is 1. The van der Waals surface area contributed by atoms with Crippen LogP contribution in [0.3, 0.4) is 0 Å². The SMILES string of the molecule is CC(C)C(=O)C(NC(=O)c1cccc(C2CCCN(C(=O)C3CCCC3)C2)c1F)C1CCCCC1. The number of rotatable bonds is 7. The van der Waals surface area contributed by atoms with Crippen molar-refractivity contribution in [3.8, 4) is 0 Å². The molecular weight excluding hydrogens is 443 g/mol. The minimum atomic E-state index is -0.569. The van der Waals surface area contributed by atoms with Crippen LogP contribution in [-0.4, -0.2) is 41.6 Å². The lowest BCUT2D eigenvalue weighted by molar-refractivity contribution is -0.136. The number of nitrogens with zero attached hydrogens (tertiary/aromatic N) is 1. The molecule has 2 atom stereocenters. The number of ketones is 1. The summed E-state index contributed by atoms with van der Waals surface area (Å²) in [7, 11) is 0. The Hall–Kier alpha value is -2.24. The predicted octanol–water partition coefficient (Wildman–Crippen LogP) is 5.63. The molecule has 192 valence electrons. The van der Waals surface area contributed by atoms with Gasteiger partial charge in [-0.1, -0.05) is 58.1 Å². The van der Waals surface area contributed by atoms with E-state index < -0.39 is 17.8 Å². The number of amides is 2. The minimum absolute atomic E-state index is 0.000825. The molecule has 1 heterocycles. The Kier molecular flexibility index (Phi) is 8.61. The van der Waals surface area contributed by atoms with Gasteiger partial charge in [0.1, 0.15) is 5.82 Å². The number of hydrogen-bond donors (Lipinski definition) is 1. The molecule has 0 radical (unpaired) electrons. The van der Waals surface area contributed by atoms with E-state index >= 15 is 4.39 Å². The monoisotopic (exact) mass is 484 g/mol. The highest BCUT2D eigenvalue weighted by atomic mass is 19.1. The molecule has 3 aliphatic rings. The van der Waals surface area contributed by atoms with E-state index in [-0.39, 0.29) is 40.9 Å². The van der Waals surface area contributed by atoms with Crippen LogP contribution in [0.2, 0.25) is 0 Å². The molecule has 4 rings (SSSR count). The summed E-state index contributed by atoms with van der Waals surface area (Å²) < 4.78 is 15.7. The van der Waals surface area contributed by atoms with Crippen LogP contribution >= 0.6 is 0 Å². The van der Waals surface area contributed by atoms with Crippen molar-refractivity contribution >= 4 is 17.6 Å². The molecule has 0 bridgehead atoms. The smallest absolute Gasteiger partial charge is 0.254 e. The Balaban J connectivity index is 1.50. The Morgan fingerprint density at radius 3 is 2.31 bits per heavy atom. The third-order valence-corrected chi connectivity index (χ3v) is 8.43. The third-order valence-electron chi connectivity index (χ3n) is 8.43. The van der Waals surface area contributed by atoms with Crippen molar-refractivity contribution in [2.45, 2.75) is 96.4 Å². The zero-order chi connectivity index (χ0) is 24.9. The number of benzene rings is 1. The zero-order valence-electron chi connectivity index (χ0n) is 21.4. The molecule has 6 heteroatoms. The van der Waals surface area contributed by atoms with Crippen LogP contribution in [0.1, 0.15) is 106 Å². The second-order valence-electron chi connectivity index (χ2n) is 11.2. The molecule has 5 nitrogen and oxygen atoms in total. The molecule has 0 spiro atoms. The quantitative estimate of drug-likeness (QED) is 0.546. The normalized spacial score (nSPS) is 22.9. The van der Waals surface area contributed by atoms with Gasteiger partial charge in [-0.15, -0.1) is 0 Å². The van der Waals surface area contributed by atoms with Gasteiger partial charge in [-0.2, -0.15) is 0 Å². The lowest BCUT2D eigenvalue weighted by atomic mass is 9.80. The van der Waals surface area contributed by atoms with Crippen molar-refractivity contribution < 1.29 is 18.8 Å². The van der Waals surface area contributed by atoms with Crippen LogP contribution in [-0.2, 0) is 9.59 Å². The van der Waals surface area contributed by atoms with Gasteiger partial charge in [-0.05, 0) is 56.1 Å². The average Bonchev–Trinajstić information content (AvgIpc) is 3.42. The summed E-state index contributed by atoms with van der Waals surface area (Å²) in [6, 6.07) is 4.42. The zero-order valence-corrected chi connectivity index (χ0v) is 21.4. The number of piperidine rings is 1. The van der Waals surface area contributed by atoms with E-state index in [1.54, 1.807) is 12.1 Å². The molecule has 2 aliphatic carbocycles. The lowest BCUT2D eigenvalue weighted by Gasteiger charge is -2.35. The standard InChI is InChI=1S/C29H41FN2O3/c1-19(2)27(33)26(20-10-4-3-5-11-20)31-28(34)24-16-8-15-23(25(24)30)22-14-9-17-32(18-22)29(35)21-12-6-7-13-21/h8,15-16,19-22,26H,3-7,9-14,17-18H2,1-2H3,(H,31,34). The summed E-state index contributed by atoms with van der Waals surface area (Å²) in [6.45, 7) is 4.95. The molecule has 1 N–H and O–H groups in total. The van der Waals surface area contributed by atoms with Crippen molar-refractivity contribution in [3.05, 3.63) is 35.1 Å². The predicted molar refractivity (Wildman–Crippen MR) is 135 cm³/mol. The van der Waals surface area contributed by atoms with Crippen LogP contribution < -0.4 is 5.32 Å². The van der Waals surface area contributed by atoms with E-state index in [9.17, 15) is 14.4 Å². The summed E-state index contributed by atoms with van der Waals surface area (Å²) in [4.78, 5) is 41.1. The molecule has 2 unspecified atom stereocenters. The van der Waals surface area contributed by atoms with Crippen LogP contribution in [0.5, 0.6) is 0 Å². The van der Waals surface area contributed by atoms with Crippen molar-refractivity contribution in [1.82, 2.24) is 10.2 Å². The van der Waals surface area contributed by atoms with Crippen molar-refractivity contribution in [2.24, 2.45) is 17.8 Å². The highest BCUT2D eigenvalue weighted by molar-refractivity contribution is 5.98. The minimum Gasteiger partial charge on any atom is -0.342 e. The largest absolute Gasteiger partial charge is 0.342 e. The highest BCUT2D eigenvalue weighted by Crippen LogP contribution is 2.34. The van der Waals surface area contributed by atoms with Gasteiger partial charge in [0.2, 0.25) is 5.91 Å². The first-order valence-electron chi connectivity index (χ1n) is 13.8. The first kappa shape index (κ1) is 25.8. The van der Waals surface area contributed by atoms with E-state index in [0.717, 1.165) is 77.2 Å². The summed E-state index contributed by atoms with van der Waals surface area (Å²) in [5, 5.41) is 2.93. The molecule has 1 aliphatic heterocycles. The lowest BCUT2D eigenvalue weighted by Crippen LogP contribution is -2.48. The molecule has 1 aromatic rings. The fraction of sp³-hybridized carbons (Fsp3) is 0.690. The molecule has 2 saturated carbocycles. The molecule has 35 heavy (non-hydrogen) atoms. The van der Waals surface area contributed by atoms with Gasteiger partial charge in [-0.3, -0.25) is 14.4 Å². The molecule has 0 aromatic heterocycles. The Morgan fingerprint density at radius 2 is 1.63 bits per heavy atom. The van der Waals surface area contributed by atoms with E-state index in [1.807, 2.05) is 18.7 Å². The molecule has 1 aromatic carbocycles. The fourth-order valence-corrected chi connectivity index (χ4v) is 6.37. The summed E-state index contributed by atoms with van der Waals surface area (Å²) in [5.41, 5.74) is 0.505. The second-order valence-corrected chi connectivity index (χ2v) is 11.2. The van der Waals surface area contributed by atoms with E-state index in [1.165, 1.54) is 6.07 Å². The Morgan fingerprint density at radius 1 is 0.943 bits per heavy atom. The Labute approximate surface area is 209 Å². The second kappa shape index (κ2) is 11.7. The average molecular weight is 485 g/mol. The van der Waals surface area contributed by atoms with Gasteiger partial charge in [-0.25, -0.2) is 4.39 Å². The number of likely N-dealkylation sites (tertiary alicyclic amines) is 1. The van der Waals surface area contributed by atoms with Gasteiger partial charge in [0.25, 0.3) is 5.91 Å². The van der Waals surface area contributed by atoms with Crippen LogP contribution in [0, 0.1) is 23.6 Å². The first-order valence-corrected chi connectivity index (χ1v) is 13.8. The summed E-state index contributed by atoms with van der Waals surface area (Å²) >= 11 is 0. The molecule has 1 saturated heterocycles. The van der Waals surface area contributed by atoms with Gasteiger partial charge in [0.15, 0.2) is 5.78 Å². The van der Waals surface area contributed by atoms with E-state index in [0.29, 0.717) is 12.1 Å². The van der Waals surface area contributed by atoms with E-state index in [4.69, 9.17) is 0 Å². The van der Waals surface area contributed by atoms with Gasteiger partial charge < -0.3 is 10.2 Å². The van der Waals surface area contributed by atoms with Crippen molar-refractivity contribution in [3.63, 3.8) is 0 Å². The number of halogens is 1. The summed E-state index contributed by atoms with van der Waals surface area (Å²) in [6.07, 6.45) is 10.9. The number of carbonyl (C=O) groups is 3. The number of nitrogens with one attached hydrogen (secondary N) is 1. The number of hydrogen-bond acceptors (Lipinski definition) is 3. The van der Waals surface area contributed by atoms with Crippen LogP contribution in [0.15, 0.2) is 18.2 Å². The van der Waals surface area contributed by atoms with Crippen LogP contribution in [0.25, 0.3) is 0 Å². The first-order chi connectivity index (χ1) is 16.9. The van der Waals surface area contributed by atoms with Gasteiger partial charge in [0, 0.05) is 30.8 Å². The summed E-state index contributed by atoms with van der Waals surface area (Å²) in [5.74, 6) is -0.863. The third kappa shape index (κ3) is 5.95. The van der Waals surface area contributed by atoms with Crippen molar-refractivity contribution in [1.29, 1.82) is 0 Å². The fourth-order valence-electron chi connectivity index (χ4n) is 6.37. The van der Waals surface area contributed by atoms with Gasteiger partial charge >= 0.3 is 0 Å². The maximum Gasteiger partial charge on any atom is 0.254 e. The molecule has 3 fully saturated rings. The number of carbonyl (C=O) groups excluding carboxylic acids is 3. The molecular formula is C29H41FN2O3. The van der Waals surface area contributed by atoms with Crippen LogP contribution in [0.4, 0.5) is 4.39 Å². The Bertz CT molecular complexity index is 919. The van der Waals surface area contributed by atoms with Gasteiger partial charge in [0.05, 0.1) is 11.6 Å². The maximum absolute atomic E-state index is 15.7. The van der Waals surface area contributed by atoms with Crippen molar-refractivity contribution in [2.75, 3.05) is 13.1 Å². The topological polar surface area (TPSA) is 66.5 Å². The highest BCUT2D eigenvalue weighted by Gasteiger charge is 2.35.